The van der Waals surface area contributed by atoms with Crippen molar-refractivity contribution in [3.8, 4) is 0 Å². The van der Waals surface area contributed by atoms with Gasteiger partial charge in [0.1, 0.15) is 0 Å². The second kappa shape index (κ2) is 8.12. The molecule has 3 N–H and O–H groups in total. The first-order chi connectivity index (χ1) is 10.2. The Morgan fingerprint density at radius 2 is 2.38 bits per heavy atom. The Bertz CT molecular complexity index is 465. The van der Waals surface area contributed by atoms with Gasteiger partial charge in [-0.25, -0.2) is 0 Å². The zero-order chi connectivity index (χ0) is 15.1. The van der Waals surface area contributed by atoms with Crippen LogP contribution < -0.4 is 11.1 Å². The number of rotatable bonds is 6. The number of nitrogens with two attached hydrogens (primary N) is 1. The highest BCUT2D eigenvalue weighted by Crippen LogP contribution is 2.12. The number of ether oxygens (including phenoxy) is 1. The fourth-order valence-corrected chi connectivity index (χ4v) is 2.49. The third kappa shape index (κ3) is 5.12. The molecule has 0 aromatic heterocycles. The minimum atomic E-state index is 0.0451. The maximum absolute atomic E-state index is 12.0. The van der Waals surface area contributed by atoms with Gasteiger partial charge < -0.3 is 15.8 Å². The molecule has 5 nitrogen and oxygen atoms in total. The summed E-state index contributed by atoms with van der Waals surface area (Å²) in [6, 6.07) is 7.67. The first-order valence-electron chi connectivity index (χ1n) is 7.64. The second-order valence-corrected chi connectivity index (χ2v) is 5.40. The molecule has 0 spiro atoms. The van der Waals surface area contributed by atoms with Crippen molar-refractivity contribution in [2.75, 3.05) is 31.6 Å². The molecular formula is C16H25N3O2. The van der Waals surface area contributed by atoms with Crippen LogP contribution in [0.15, 0.2) is 24.3 Å². The topological polar surface area (TPSA) is 67.6 Å². The van der Waals surface area contributed by atoms with Crippen LogP contribution in [0.3, 0.4) is 0 Å². The van der Waals surface area contributed by atoms with Crippen molar-refractivity contribution in [3.05, 3.63) is 29.8 Å². The Kier molecular flexibility index (Phi) is 6.17. The second-order valence-electron chi connectivity index (χ2n) is 5.40. The van der Waals surface area contributed by atoms with Gasteiger partial charge in [0.2, 0.25) is 5.91 Å². The summed E-state index contributed by atoms with van der Waals surface area (Å²) >= 11 is 0. The van der Waals surface area contributed by atoms with E-state index in [0.717, 1.165) is 43.9 Å². The van der Waals surface area contributed by atoms with E-state index in [1.54, 1.807) is 0 Å². The summed E-state index contributed by atoms with van der Waals surface area (Å²) in [6.07, 6.45) is 1.83. The van der Waals surface area contributed by atoms with Crippen LogP contribution in [-0.2, 0) is 16.1 Å². The molecule has 1 atom stereocenters. The van der Waals surface area contributed by atoms with Gasteiger partial charge in [-0.3, -0.25) is 9.69 Å². The highest BCUT2D eigenvalue weighted by atomic mass is 16.5. The fourth-order valence-electron chi connectivity index (χ4n) is 2.49. The molecule has 0 saturated carbocycles. The van der Waals surface area contributed by atoms with Crippen LogP contribution >= 0.6 is 0 Å². The summed E-state index contributed by atoms with van der Waals surface area (Å²) in [5.41, 5.74) is 7.44. The molecule has 1 aromatic carbocycles. The minimum Gasteiger partial charge on any atom is -0.376 e. The third-order valence-corrected chi connectivity index (χ3v) is 3.78. The van der Waals surface area contributed by atoms with Gasteiger partial charge in [-0.1, -0.05) is 19.1 Å². The predicted octanol–water partition coefficient (Wildman–Crippen LogP) is 1.58. The lowest BCUT2D eigenvalue weighted by Crippen LogP contribution is -2.43. The SMILES string of the molecule is CCC1CN(CCC(=O)Nc2cccc(CN)c2)CCO1. The highest BCUT2D eigenvalue weighted by molar-refractivity contribution is 5.90. The monoisotopic (exact) mass is 291 g/mol. The van der Waals surface area contributed by atoms with E-state index >= 15 is 0 Å². The summed E-state index contributed by atoms with van der Waals surface area (Å²) < 4.78 is 5.63. The van der Waals surface area contributed by atoms with E-state index in [4.69, 9.17) is 10.5 Å². The number of carbonyl (C=O) groups excluding carboxylic acids is 1. The maximum atomic E-state index is 12.0. The molecule has 1 aromatic rings. The van der Waals surface area contributed by atoms with E-state index < -0.39 is 0 Å². The molecular weight excluding hydrogens is 266 g/mol. The predicted molar refractivity (Wildman–Crippen MR) is 84.1 cm³/mol. The summed E-state index contributed by atoms with van der Waals surface area (Å²) in [7, 11) is 0. The number of benzene rings is 1. The van der Waals surface area contributed by atoms with Crippen molar-refractivity contribution in [1.82, 2.24) is 4.90 Å². The van der Waals surface area contributed by atoms with Crippen LogP contribution in [-0.4, -0.2) is 43.2 Å². The molecule has 1 unspecified atom stereocenters. The fraction of sp³-hybridized carbons (Fsp3) is 0.562. The first-order valence-corrected chi connectivity index (χ1v) is 7.64. The Balaban J connectivity index is 1.76. The van der Waals surface area contributed by atoms with Gasteiger partial charge in [0.15, 0.2) is 0 Å². The number of carbonyl (C=O) groups is 1. The van der Waals surface area contributed by atoms with Crippen molar-refractivity contribution in [2.45, 2.75) is 32.4 Å². The third-order valence-electron chi connectivity index (χ3n) is 3.78. The van der Waals surface area contributed by atoms with E-state index in [0.29, 0.717) is 19.1 Å². The van der Waals surface area contributed by atoms with Gasteiger partial charge in [-0.05, 0) is 24.1 Å². The van der Waals surface area contributed by atoms with E-state index in [-0.39, 0.29) is 5.91 Å². The number of anilines is 1. The molecule has 0 aliphatic carbocycles. The molecule has 21 heavy (non-hydrogen) atoms. The average Bonchev–Trinajstić information content (AvgIpc) is 2.53. The maximum Gasteiger partial charge on any atom is 0.225 e. The first kappa shape index (κ1) is 15.9. The van der Waals surface area contributed by atoms with Crippen molar-refractivity contribution >= 4 is 11.6 Å². The molecule has 1 fully saturated rings. The summed E-state index contributed by atoms with van der Waals surface area (Å²) in [5.74, 6) is 0.0451. The van der Waals surface area contributed by atoms with E-state index in [1.807, 2.05) is 24.3 Å². The Labute approximate surface area is 126 Å². The molecule has 5 heteroatoms. The summed E-state index contributed by atoms with van der Waals surface area (Å²) in [6.45, 7) is 5.99. The molecule has 116 valence electrons. The standard InChI is InChI=1S/C16H25N3O2/c1-2-15-12-19(8-9-21-15)7-6-16(20)18-14-5-3-4-13(10-14)11-17/h3-5,10,15H,2,6-9,11-12,17H2,1H3,(H,18,20). The summed E-state index contributed by atoms with van der Waals surface area (Å²) in [5, 5.41) is 2.93. The van der Waals surface area contributed by atoms with Crippen LogP contribution in [0.4, 0.5) is 5.69 Å². The lowest BCUT2D eigenvalue weighted by molar-refractivity contribution is -0.117. The average molecular weight is 291 g/mol. The zero-order valence-electron chi connectivity index (χ0n) is 12.7. The largest absolute Gasteiger partial charge is 0.376 e. The molecule has 1 amide bonds. The molecule has 0 radical (unpaired) electrons. The van der Waals surface area contributed by atoms with Gasteiger partial charge in [0.25, 0.3) is 0 Å². The van der Waals surface area contributed by atoms with E-state index in [1.165, 1.54) is 0 Å². The van der Waals surface area contributed by atoms with Gasteiger partial charge in [0, 0.05) is 38.3 Å². The molecule has 1 aliphatic rings. The Morgan fingerprint density at radius 1 is 1.52 bits per heavy atom. The van der Waals surface area contributed by atoms with Crippen molar-refractivity contribution in [3.63, 3.8) is 0 Å². The number of hydrogen-bond donors (Lipinski definition) is 2. The smallest absolute Gasteiger partial charge is 0.225 e. The highest BCUT2D eigenvalue weighted by Gasteiger charge is 2.19. The van der Waals surface area contributed by atoms with Gasteiger partial charge in [-0.15, -0.1) is 0 Å². The van der Waals surface area contributed by atoms with Gasteiger partial charge >= 0.3 is 0 Å². The molecule has 0 bridgehead atoms. The lowest BCUT2D eigenvalue weighted by Gasteiger charge is -2.32. The summed E-state index contributed by atoms with van der Waals surface area (Å²) in [4.78, 5) is 14.3. The van der Waals surface area contributed by atoms with Crippen molar-refractivity contribution in [2.24, 2.45) is 5.73 Å². The Hall–Kier alpha value is -1.43. The lowest BCUT2D eigenvalue weighted by atomic mass is 10.2. The number of nitrogens with one attached hydrogen (secondary N) is 1. The normalized spacial score (nSPS) is 19.4. The van der Waals surface area contributed by atoms with Crippen LogP contribution in [0.5, 0.6) is 0 Å². The zero-order valence-corrected chi connectivity index (χ0v) is 12.7. The van der Waals surface area contributed by atoms with Crippen LogP contribution in [0.2, 0.25) is 0 Å². The minimum absolute atomic E-state index is 0.0451. The number of amides is 1. The van der Waals surface area contributed by atoms with Crippen molar-refractivity contribution < 1.29 is 9.53 Å². The quantitative estimate of drug-likeness (QED) is 0.835. The van der Waals surface area contributed by atoms with Gasteiger partial charge in [0.05, 0.1) is 12.7 Å². The number of nitrogens with zero attached hydrogens (tertiary/aromatic N) is 1. The van der Waals surface area contributed by atoms with Crippen LogP contribution in [0, 0.1) is 0 Å². The van der Waals surface area contributed by atoms with Crippen molar-refractivity contribution in [1.29, 1.82) is 0 Å². The van der Waals surface area contributed by atoms with Gasteiger partial charge in [-0.2, -0.15) is 0 Å². The number of morpholine rings is 1. The Morgan fingerprint density at radius 3 is 3.14 bits per heavy atom. The van der Waals surface area contributed by atoms with E-state index in [2.05, 4.69) is 17.1 Å². The van der Waals surface area contributed by atoms with Crippen LogP contribution in [0.1, 0.15) is 25.3 Å². The molecule has 2 rings (SSSR count). The van der Waals surface area contributed by atoms with Crippen LogP contribution in [0.25, 0.3) is 0 Å². The molecule has 1 aliphatic heterocycles. The van der Waals surface area contributed by atoms with E-state index in [9.17, 15) is 4.79 Å². The molecule has 1 saturated heterocycles. The molecule has 1 heterocycles. The number of hydrogen-bond acceptors (Lipinski definition) is 4.